The second-order valence-corrected chi connectivity index (χ2v) is 5.73. The van der Waals surface area contributed by atoms with Crippen molar-refractivity contribution in [2.24, 2.45) is 0 Å². The van der Waals surface area contributed by atoms with Crippen LogP contribution in [-0.4, -0.2) is 37.2 Å². The minimum absolute atomic E-state index is 0.0267. The monoisotopic (exact) mass is 394 g/mol. The third-order valence-corrected chi connectivity index (χ3v) is 4.03. The molecule has 1 aromatic carbocycles. The van der Waals surface area contributed by atoms with E-state index in [2.05, 4.69) is 20.1 Å². The second kappa shape index (κ2) is 8.75. The molecule has 0 unspecified atom stereocenters. The van der Waals surface area contributed by atoms with Gasteiger partial charge in [0.05, 0.1) is 40.6 Å². The van der Waals surface area contributed by atoms with Crippen molar-refractivity contribution in [1.29, 1.82) is 0 Å². The SMILES string of the molecule is [C-]#[N+]c1cnc(-c2ccco2)nc1NC(=O)Cc1ccc(OC)c(OC)c1OC. The van der Waals surface area contributed by atoms with E-state index in [0.29, 0.717) is 28.6 Å². The first-order chi connectivity index (χ1) is 14.1. The Morgan fingerprint density at radius 1 is 1.17 bits per heavy atom. The van der Waals surface area contributed by atoms with Gasteiger partial charge in [0, 0.05) is 11.8 Å². The van der Waals surface area contributed by atoms with Crippen molar-refractivity contribution < 1.29 is 23.4 Å². The van der Waals surface area contributed by atoms with E-state index in [9.17, 15) is 4.79 Å². The molecular weight excluding hydrogens is 376 g/mol. The summed E-state index contributed by atoms with van der Waals surface area (Å²) in [5.74, 6) is 1.69. The van der Waals surface area contributed by atoms with Crippen LogP contribution in [0, 0.1) is 6.57 Å². The van der Waals surface area contributed by atoms with E-state index >= 15 is 0 Å². The fourth-order valence-electron chi connectivity index (χ4n) is 2.73. The summed E-state index contributed by atoms with van der Waals surface area (Å²) < 4.78 is 21.3. The highest BCUT2D eigenvalue weighted by molar-refractivity contribution is 5.95. The standard InChI is InChI=1S/C20H18N4O5/c1-21-13-11-22-20(15-6-5-9-29-15)24-19(13)23-16(25)10-12-7-8-14(26-2)18(28-4)17(12)27-3/h5-9,11H,10H2,2-4H3,(H,22,23,24,25). The fourth-order valence-corrected chi connectivity index (χ4v) is 2.73. The van der Waals surface area contributed by atoms with Gasteiger partial charge in [-0.1, -0.05) is 6.07 Å². The molecule has 1 amide bonds. The summed E-state index contributed by atoms with van der Waals surface area (Å²) in [6.07, 6.45) is 2.80. The normalized spacial score (nSPS) is 10.1. The van der Waals surface area contributed by atoms with E-state index in [-0.39, 0.29) is 29.7 Å². The fraction of sp³-hybridized carbons (Fsp3) is 0.200. The smallest absolute Gasteiger partial charge is 0.246 e. The van der Waals surface area contributed by atoms with Gasteiger partial charge in [-0.15, -0.1) is 0 Å². The molecule has 0 aliphatic rings. The summed E-state index contributed by atoms with van der Waals surface area (Å²) in [5.41, 5.74) is 0.709. The second-order valence-electron chi connectivity index (χ2n) is 5.73. The Balaban J connectivity index is 1.86. The third kappa shape index (κ3) is 4.11. The van der Waals surface area contributed by atoms with E-state index in [1.54, 1.807) is 24.3 Å². The number of anilines is 1. The average molecular weight is 394 g/mol. The molecule has 148 valence electrons. The summed E-state index contributed by atoms with van der Waals surface area (Å²) in [6.45, 7) is 7.28. The number of nitrogens with one attached hydrogen (secondary N) is 1. The van der Waals surface area contributed by atoms with Gasteiger partial charge in [0.15, 0.2) is 23.1 Å². The maximum Gasteiger partial charge on any atom is 0.246 e. The van der Waals surface area contributed by atoms with Crippen LogP contribution in [0.15, 0.2) is 41.1 Å². The van der Waals surface area contributed by atoms with Gasteiger partial charge in [-0.05, 0) is 18.2 Å². The quantitative estimate of drug-likeness (QED) is 0.612. The number of ether oxygens (including phenoxy) is 3. The number of hydrogen-bond acceptors (Lipinski definition) is 7. The maximum absolute atomic E-state index is 12.6. The molecule has 2 aromatic heterocycles. The Labute approximate surface area is 167 Å². The Kier molecular flexibility index (Phi) is 5.94. The molecule has 0 saturated heterocycles. The number of carbonyl (C=O) groups excluding carboxylic acids is 1. The number of aromatic nitrogens is 2. The predicted molar refractivity (Wildman–Crippen MR) is 104 cm³/mol. The Morgan fingerprint density at radius 2 is 1.97 bits per heavy atom. The molecule has 0 bridgehead atoms. The number of amides is 1. The van der Waals surface area contributed by atoms with Gasteiger partial charge in [-0.3, -0.25) is 4.79 Å². The summed E-state index contributed by atoms with van der Waals surface area (Å²) in [4.78, 5) is 24.3. The summed E-state index contributed by atoms with van der Waals surface area (Å²) in [6, 6.07) is 6.79. The van der Waals surface area contributed by atoms with Gasteiger partial charge >= 0.3 is 0 Å². The number of methoxy groups -OCH3 is 3. The lowest BCUT2D eigenvalue weighted by molar-refractivity contribution is -0.115. The van der Waals surface area contributed by atoms with Crippen LogP contribution in [0.5, 0.6) is 17.2 Å². The van der Waals surface area contributed by atoms with Gasteiger partial charge in [0.25, 0.3) is 0 Å². The van der Waals surface area contributed by atoms with Crippen LogP contribution >= 0.6 is 0 Å². The van der Waals surface area contributed by atoms with Crippen molar-refractivity contribution in [3.8, 4) is 28.8 Å². The highest BCUT2D eigenvalue weighted by Gasteiger charge is 2.19. The zero-order chi connectivity index (χ0) is 20.8. The van der Waals surface area contributed by atoms with Crippen molar-refractivity contribution >= 4 is 17.4 Å². The van der Waals surface area contributed by atoms with Gasteiger partial charge in [-0.2, -0.15) is 0 Å². The number of furan rings is 1. The van der Waals surface area contributed by atoms with Crippen LogP contribution in [-0.2, 0) is 11.2 Å². The van der Waals surface area contributed by atoms with Gasteiger partial charge < -0.3 is 23.9 Å². The van der Waals surface area contributed by atoms with E-state index in [0.717, 1.165) is 0 Å². The first-order valence-corrected chi connectivity index (χ1v) is 8.47. The highest BCUT2D eigenvalue weighted by atomic mass is 16.5. The molecule has 0 atom stereocenters. The van der Waals surface area contributed by atoms with E-state index in [1.807, 2.05) is 0 Å². The van der Waals surface area contributed by atoms with Crippen LogP contribution in [0.1, 0.15) is 5.56 Å². The van der Waals surface area contributed by atoms with Crippen molar-refractivity contribution in [2.75, 3.05) is 26.6 Å². The molecule has 0 fully saturated rings. The number of benzene rings is 1. The van der Waals surface area contributed by atoms with E-state index < -0.39 is 0 Å². The molecular formula is C20H18N4O5. The zero-order valence-electron chi connectivity index (χ0n) is 16.1. The lowest BCUT2D eigenvalue weighted by Crippen LogP contribution is -2.16. The first-order valence-electron chi connectivity index (χ1n) is 8.47. The lowest BCUT2D eigenvalue weighted by atomic mass is 10.1. The Hall–Kier alpha value is -4.06. The summed E-state index contributed by atoms with van der Waals surface area (Å²) in [5, 5.41) is 2.66. The van der Waals surface area contributed by atoms with Crippen molar-refractivity contribution in [3.05, 3.63) is 53.7 Å². The molecule has 1 N–H and O–H groups in total. The molecule has 0 aliphatic heterocycles. The number of hydrogen-bond donors (Lipinski definition) is 1. The van der Waals surface area contributed by atoms with Crippen molar-refractivity contribution in [3.63, 3.8) is 0 Å². The molecule has 9 heteroatoms. The largest absolute Gasteiger partial charge is 0.493 e. The molecule has 0 spiro atoms. The summed E-state index contributed by atoms with van der Waals surface area (Å²) >= 11 is 0. The van der Waals surface area contributed by atoms with Crippen molar-refractivity contribution in [1.82, 2.24) is 9.97 Å². The van der Waals surface area contributed by atoms with Crippen molar-refractivity contribution in [2.45, 2.75) is 6.42 Å². The average Bonchev–Trinajstić information content (AvgIpc) is 3.28. The topological polar surface area (TPSA) is 100 Å². The summed E-state index contributed by atoms with van der Waals surface area (Å²) in [7, 11) is 4.49. The minimum atomic E-state index is -0.385. The van der Waals surface area contributed by atoms with E-state index in [1.165, 1.54) is 33.8 Å². The maximum atomic E-state index is 12.6. The molecule has 0 radical (unpaired) electrons. The molecule has 0 aliphatic carbocycles. The van der Waals surface area contributed by atoms with Gasteiger partial charge in [0.2, 0.25) is 17.3 Å². The van der Waals surface area contributed by atoms with Crippen LogP contribution < -0.4 is 19.5 Å². The van der Waals surface area contributed by atoms with Crippen LogP contribution in [0.4, 0.5) is 11.5 Å². The van der Waals surface area contributed by atoms with Crippen LogP contribution in [0.3, 0.4) is 0 Å². The zero-order valence-corrected chi connectivity index (χ0v) is 16.1. The van der Waals surface area contributed by atoms with Gasteiger partial charge in [0.1, 0.15) is 5.82 Å². The molecule has 0 saturated carbocycles. The lowest BCUT2D eigenvalue weighted by Gasteiger charge is -2.15. The minimum Gasteiger partial charge on any atom is -0.493 e. The molecule has 3 aromatic rings. The number of rotatable bonds is 7. The Morgan fingerprint density at radius 3 is 2.59 bits per heavy atom. The van der Waals surface area contributed by atoms with Gasteiger partial charge in [-0.25, -0.2) is 14.8 Å². The Bertz CT molecular complexity index is 1060. The number of nitrogens with zero attached hydrogens (tertiary/aromatic N) is 3. The highest BCUT2D eigenvalue weighted by Crippen LogP contribution is 2.40. The predicted octanol–water partition coefficient (Wildman–Crippen LogP) is 3.49. The molecule has 3 rings (SSSR count). The van der Waals surface area contributed by atoms with E-state index in [4.69, 9.17) is 25.2 Å². The molecule has 29 heavy (non-hydrogen) atoms. The van der Waals surface area contributed by atoms with Crippen LogP contribution in [0.25, 0.3) is 16.4 Å². The first kappa shape index (κ1) is 19.7. The molecule has 9 nitrogen and oxygen atoms in total. The molecule has 2 heterocycles. The number of carbonyl (C=O) groups is 1. The van der Waals surface area contributed by atoms with Crippen LogP contribution in [0.2, 0.25) is 0 Å². The third-order valence-electron chi connectivity index (χ3n) is 4.03.